The molecule has 0 N–H and O–H groups in total. The molecule has 0 aliphatic rings. The highest BCUT2D eigenvalue weighted by Crippen LogP contribution is 2.10. The van der Waals surface area contributed by atoms with Gasteiger partial charge < -0.3 is 9.47 Å². The van der Waals surface area contributed by atoms with Crippen LogP contribution < -0.4 is 0 Å². The Hall–Kier alpha value is -1.06. The zero-order chi connectivity index (χ0) is 15.4. The third-order valence-electron chi connectivity index (χ3n) is 2.95. The predicted molar refractivity (Wildman–Crippen MR) is 79.3 cm³/mol. The minimum absolute atomic E-state index is 0.0449. The Bertz CT molecular complexity index is 274. The van der Waals surface area contributed by atoms with Crippen LogP contribution in [0.1, 0.15) is 72.6 Å². The Morgan fingerprint density at radius 3 is 2.10 bits per heavy atom. The molecule has 20 heavy (non-hydrogen) atoms. The molecule has 0 aromatic heterocycles. The van der Waals surface area contributed by atoms with Crippen LogP contribution in [0.2, 0.25) is 0 Å². The molecular weight excluding hydrogens is 256 g/mol. The molecule has 0 fully saturated rings. The van der Waals surface area contributed by atoms with E-state index in [0.717, 1.165) is 19.3 Å². The second kappa shape index (κ2) is 11.7. The third kappa shape index (κ3) is 10.8. The summed E-state index contributed by atoms with van der Waals surface area (Å²) in [7, 11) is 0. The lowest BCUT2D eigenvalue weighted by molar-refractivity contribution is -0.150. The number of rotatable bonds is 11. The number of carbonyl (C=O) groups is 2. The Morgan fingerprint density at radius 1 is 1.00 bits per heavy atom. The van der Waals surface area contributed by atoms with Crippen LogP contribution in [0.5, 0.6) is 0 Å². The van der Waals surface area contributed by atoms with Gasteiger partial charge in [-0.1, -0.05) is 34.1 Å². The first kappa shape index (κ1) is 18.9. The minimum Gasteiger partial charge on any atom is -0.465 e. The Kier molecular flexibility index (Phi) is 11.1. The lowest BCUT2D eigenvalue weighted by Gasteiger charge is -2.15. The van der Waals surface area contributed by atoms with E-state index in [1.165, 1.54) is 0 Å². The van der Waals surface area contributed by atoms with Gasteiger partial charge in [-0.3, -0.25) is 9.59 Å². The van der Waals surface area contributed by atoms with Gasteiger partial charge in [0.2, 0.25) is 0 Å². The zero-order valence-corrected chi connectivity index (χ0v) is 13.4. The van der Waals surface area contributed by atoms with Gasteiger partial charge in [0.1, 0.15) is 6.10 Å². The lowest BCUT2D eigenvalue weighted by atomic mass is 10.1. The normalized spacial score (nSPS) is 12.2. The number of carbonyl (C=O) groups excluding carboxylic acids is 2. The summed E-state index contributed by atoms with van der Waals surface area (Å²) in [6.07, 6.45) is 4.97. The SMILES string of the molecule is CCCC(CC)OC(=O)CCCCC(=O)OCC(C)C. The van der Waals surface area contributed by atoms with Crippen molar-refractivity contribution in [1.82, 2.24) is 0 Å². The fourth-order valence-electron chi connectivity index (χ4n) is 1.78. The van der Waals surface area contributed by atoms with Gasteiger partial charge in [0, 0.05) is 12.8 Å². The minimum atomic E-state index is -0.176. The van der Waals surface area contributed by atoms with Gasteiger partial charge in [0.15, 0.2) is 0 Å². The van der Waals surface area contributed by atoms with Crippen molar-refractivity contribution in [2.24, 2.45) is 5.92 Å². The van der Waals surface area contributed by atoms with E-state index in [4.69, 9.17) is 9.47 Å². The molecule has 0 heterocycles. The van der Waals surface area contributed by atoms with E-state index in [1.807, 2.05) is 20.8 Å². The maximum atomic E-state index is 11.6. The Balaban J connectivity index is 3.63. The van der Waals surface area contributed by atoms with Crippen LogP contribution in [-0.2, 0) is 19.1 Å². The summed E-state index contributed by atoms with van der Waals surface area (Å²) in [5, 5.41) is 0. The summed E-state index contributed by atoms with van der Waals surface area (Å²) >= 11 is 0. The Labute approximate surface area is 123 Å². The second-order valence-corrected chi connectivity index (χ2v) is 5.59. The van der Waals surface area contributed by atoms with Crippen LogP contribution in [0.15, 0.2) is 0 Å². The highest BCUT2D eigenvalue weighted by molar-refractivity contribution is 5.70. The van der Waals surface area contributed by atoms with Gasteiger partial charge in [0.25, 0.3) is 0 Å². The molecule has 0 saturated heterocycles. The van der Waals surface area contributed by atoms with Crippen molar-refractivity contribution in [2.45, 2.75) is 78.7 Å². The molecule has 0 aliphatic carbocycles. The highest BCUT2D eigenvalue weighted by atomic mass is 16.5. The quantitative estimate of drug-likeness (QED) is 0.427. The molecule has 0 aliphatic heterocycles. The smallest absolute Gasteiger partial charge is 0.306 e. The molecule has 0 aromatic rings. The largest absolute Gasteiger partial charge is 0.465 e. The van der Waals surface area contributed by atoms with Crippen molar-refractivity contribution in [3.8, 4) is 0 Å². The Morgan fingerprint density at radius 2 is 1.60 bits per heavy atom. The van der Waals surface area contributed by atoms with Crippen LogP contribution in [0, 0.1) is 5.92 Å². The molecule has 4 heteroatoms. The number of hydrogen-bond donors (Lipinski definition) is 0. The van der Waals surface area contributed by atoms with E-state index in [1.54, 1.807) is 0 Å². The summed E-state index contributed by atoms with van der Waals surface area (Å²) in [5.41, 5.74) is 0. The summed E-state index contributed by atoms with van der Waals surface area (Å²) in [4.78, 5) is 23.0. The molecule has 0 amide bonds. The third-order valence-corrected chi connectivity index (χ3v) is 2.95. The number of unbranched alkanes of at least 4 members (excludes halogenated alkanes) is 1. The fourth-order valence-corrected chi connectivity index (χ4v) is 1.78. The van der Waals surface area contributed by atoms with Gasteiger partial charge in [-0.25, -0.2) is 0 Å². The topological polar surface area (TPSA) is 52.6 Å². The van der Waals surface area contributed by atoms with Crippen molar-refractivity contribution in [1.29, 1.82) is 0 Å². The first-order chi connectivity index (χ1) is 9.49. The molecule has 1 atom stereocenters. The number of ether oxygens (including phenoxy) is 2. The van der Waals surface area contributed by atoms with E-state index < -0.39 is 0 Å². The number of hydrogen-bond acceptors (Lipinski definition) is 4. The zero-order valence-electron chi connectivity index (χ0n) is 13.4. The molecule has 118 valence electrons. The molecule has 0 radical (unpaired) electrons. The van der Waals surface area contributed by atoms with Crippen molar-refractivity contribution >= 4 is 11.9 Å². The van der Waals surface area contributed by atoms with Gasteiger partial charge >= 0.3 is 11.9 Å². The van der Waals surface area contributed by atoms with Gasteiger partial charge in [-0.2, -0.15) is 0 Å². The summed E-state index contributed by atoms with van der Waals surface area (Å²) in [5.74, 6) is 0.0313. The van der Waals surface area contributed by atoms with Gasteiger partial charge in [-0.15, -0.1) is 0 Å². The first-order valence-electron chi connectivity index (χ1n) is 7.84. The molecule has 4 nitrogen and oxygen atoms in total. The van der Waals surface area contributed by atoms with Crippen LogP contribution in [0.25, 0.3) is 0 Å². The molecule has 0 saturated carbocycles. The van der Waals surface area contributed by atoms with Crippen molar-refractivity contribution in [2.75, 3.05) is 6.61 Å². The fraction of sp³-hybridized carbons (Fsp3) is 0.875. The van der Waals surface area contributed by atoms with Gasteiger partial charge in [0.05, 0.1) is 6.61 Å². The predicted octanol–water partition coefficient (Wildman–Crippen LogP) is 3.87. The first-order valence-corrected chi connectivity index (χ1v) is 7.84. The number of esters is 2. The van der Waals surface area contributed by atoms with Crippen LogP contribution in [-0.4, -0.2) is 24.6 Å². The highest BCUT2D eigenvalue weighted by Gasteiger charge is 2.12. The van der Waals surface area contributed by atoms with Gasteiger partial charge in [-0.05, 0) is 31.6 Å². The van der Waals surface area contributed by atoms with E-state index in [0.29, 0.717) is 38.2 Å². The maximum absolute atomic E-state index is 11.6. The standard InChI is InChI=1S/C16H30O4/c1-5-9-14(6-2)20-16(18)11-8-7-10-15(17)19-12-13(3)4/h13-14H,5-12H2,1-4H3. The lowest BCUT2D eigenvalue weighted by Crippen LogP contribution is -2.17. The average molecular weight is 286 g/mol. The average Bonchev–Trinajstić information content (AvgIpc) is 2.40. The monoisotopic (exact) mass is 286 g/mol. The summed E-state index contributed by atoms with van der Waals surface area (Å²) < 4.78 is 10.4. The van der Waals surface area contributed by atoms with E-state index in [2.05, 4.69) is 6.92 Å². The van der Waals surface area contributed by atoms with Crippen molar-refractivity contribution in [3.05, 3.63) is 0 Å². The van der Waals surface area contributed by atoms with Crippen molar-refractivity contribution < 1.29 is 19.1 Å². The van der Waals surface area contributed by atoms with E-state index >= 15 is 0 Å². The van der Waals surface area contributed by atoms with Crippen LogP contribution in [0.4, 0.5) is 0 Å². The van der Waals surface area contributed by atoms with E-state index in [9.17, 15) is 9.59 Å². The molecule has 1 unspecified atom stereocenters. The molecule has 0 bridgehead atoms. The molecule has 0 rings (SSSR count). The summed E-state index contributed by atoms with van der Waals surface area (Å²) in [6, 6.07) is 0. The second-order valence-electron chi connectivity index (χ2n) is 5.59. The van der Waals surface area contributed by atoms with Crippen molar-refractivity contribution in [3.63, 3.8) is 0 Å². The van der Waals surface area contributed by atoms with E-state index in [-0.39, 0.29) is 18.0 Å². The maximum Gasteiger partial charge on any atom is 0.306 e. The molecule has 0 aromatic carbocycles. The molecular formula is C16H30O4. The summed E-state index contributed by atoms with van der Waals surface area (Å²) in [6.45, 7) is 8.58. The van der Waals surface area contributed by atoms with Crippen LogP contribution >= 0.6 is 0 Å². The van der Waals surface area contributed by atoms with Crippen LogP contribution in [0.3, 0.4) is 0 Å². The molecule has 0 spiro atoms.